The molecule has 124 valence electrons. The maximum atomic E-state index is 13.3. The van der Waals surface area contributed by atoms with Crippen molar-refractivity contribution in [3.05, 3.63) is 71.6 Å². The summed E-state index contributed by atoms with van der Waals surface area (Å²) in [7, 11) is 0. The molecule has 0 saturated heterocycles. The molecule has 0 aliphatic carbocycles. The van der Waals surface area contributed by atoms with Crippen LogP contribution >= 0.6 is 11.3 Å². The lowest BCUT2D eigenvalue weighted by molar-refractivity contribution is 0.628. The van der Waals surface area contributed by atoms with E-state index in [-0.39, 0.29) is 5.82 Å². The molecule has 3 nitrogen and oxygen atoms in total. The summed E-state index contributed by atoms with van der Waals surface area (Å²) in [6.45, 7) is 2.13. The van der Waals surface area contributed by atoms with Crippen LogP contribution in [0.5, 0.6) is 0 Å². The van der Waals surface area contributed by atoms with Crippen molar-refractivity contribution in [2.75, 3.05) is 5.32 Å². The summed E-state index contributed by atoms with van der Waals surface area (Å²) in [6.07, 6.45) is 2.51. The quantitative estimate of drug-likeness (QED) is 0.506. The van der Waals surface area contributed by atoms with Gasteiger partial charge in [0.25, 0.3) is 0 Å². The molecule has 0 aliphatic heterocycles. The zero-order valence-corrected chi connectivity index (χ0v) is 14.5. The molecule has 2 aromatic heterocycles. The van der Waals surface area contributed by atoms with Gasteiger partial charge in [0, 0.05) is 16.6 Å². The van der Waals surface area contributed by atoms with E-state index in [9.17, 15) is 4.39 Å². The zero-order chi connectivity index (χ0) is 17.2. The number of aromatic nitrogens is 2. The number of hydrogen-bond donors (Lipinski definition) is 1. The minimum Gasteiger partial charge on any atom is -0.339 e. The minimum atomic E-state index is -0.241. The normalized spacial score (nSPS) is 11.0. The second-order valence-corrected chi connectivity index (χ2v) is 6.55. The van der Waals surface area contributed by atoms with Gasteiger partial charge in [0.2, 0.25) is 0 Å². The van der Waals surface area contributed by atoms with Crippen LogP contribution in [0, 0.1) is 5.82 Å². The molecule has 4 aromatic rings. The highest BCUT2D eigenvalue weighted by molar-refractivity contribution is 7.17. The number of thiophene rings is 1. The van der Waals surface area contributed by atoms with Crippen molar-refractivity contribution in [2.45, 2.75) is 13.3 Å². The molecule has 0 saturated carbocycles. The van der Waals surface area contributed by atoms with Crippen molar-refractivity contribution in [3.8, 4) is 11.1 Å². The van der Waals surface area contributed by atoms with Crippen LogP contribution in [0.25, 0.3) is 21.3 Å². The Kier molecular flexibility index (Phi) is 4.15. The van der Waals surface area contributed by atoms with Crippen LogP contribution in [-0.4, -0.2) is 9.97 Å². The van der Waals surface area contributed by atoms with E-state index in [1.54, 1.807) is 29.8 Å². The lowest BCUT2D eigenvalue weighted by Crippen LogP contribution is -1.98. The third-order valence-corrected chi connectivity index (χ3v) is 5.06. The highest BCUT2D eigenvalue weighted by Gasteiger charge is 2.14. The summed E-state index contributed by atoms with van der Waals surface area (Å²) in [5.74, 6) is 0.529. The van der Waals surface area contributed by atoms with Gasteiger partial charge in [0.1, 0.15) is 22.8 Å². The maximum Gasteiger partial charge on any atom is 0.143 e. The number of anilines is 2. The SMILES string of the molecule is CCc1ccccc1Nc1ncnc2scc(-c3ccc(F)cc3)c12. The smallest absolute Gasteiger partial charge is 0.143 e. The molecule has 2 heterocycles. The van der Waals surface area contributed by atoms with Gasteiger partial charge in [-0.1, -0.05) is 37.3 Å². The zero-order valence-electron chi connectivity index (χ0n) is 13.7. The molecule has 2 aromatic carbocycles. The number of hydrogen-bond acceptors (Lipinski definition) is 4. The van der Waals surface area contributed by atoms with Crippen molar-refractivity contribution in [1.29, 1.82) is 0 Å². The molecule has 5 heteroatoms. The summed E-state index contributed by atoms with van der Waals surface area (Å²) >= 11 is 1.56. The van der Waals surface area contributed by atoms with Crippen LogP contribution in [0.3, 0.4) is 0 Å². The van der Waals surface area contributed by atoms with Crippen LogP contribution in [-0.2, 0) is 6.42 Å². The summed E-state index contributed by atoms with van der Waals surface area (Å²) in [5.41, 5.74) is 4.24. The number of halogens is 1. The molecule has 0 aliphatic rings. The van der Waals surface area contributed by atoms with Crippen LogP contribution < -0.4 is 5.32 Å². The Bertz CT molecular complexity index is 1020. The number of fused-ring (bicyclic) bond motifs is 1. The van der Waals surface area contributed by atoms with Gasteiger partial charge >= 0.3 is 0 Å². The molecule has 0 unspecified atom stereocenters. The van der Waals surface area contributed by atoms with Crippen molar-refractivity contribution in [3.63, 3.8) is 0 Å². The number of benzene rings is 2. The van der Waals surface area contributed by atoms with Crippen LogP contribution in [0.4, 0.5) is 15.9 Å². The fraction of sp³-hybridized carbons (Fsp3) is 0.100. The number of nitrogens with zero attached hydrogens (tertiary/aromatic N) is 2. The lowest BCUT2D eigenvalue weighted by atomic mass is 10.1. The van der Waals surface area contributed by atoms with Crippen LogP contribution in [0.1, 0.15) is 12.5 Å². The topological polar surface area (TPSA) is 37.8 Å². The maximum absolute atomic E-state index is 13.3. The predicted octanol–water partition coefficient (Wildman–Crippen LogP) is 5.80. The molecule has 1 N–H and O–H groups in total. The Labute approximate surface area is 149 Å². The van der Waals surface area contributed by atoms with E-state index in [2.05, 4.69) is 34.3 Å². The second-order valence-electron chi connectivity index (χ2n) is 5.69. The van der Waals surface area contributed by atoms with Crippen molar-refractivity contribution in [2.24, 2.45) is 0 Å². The Hall–Kier alpha value is -2.79. The van der Waals surface area contributed by atoms with Crippen molar-refractivity contribution in [1.82, 2.24) is 9.97 Å². The first-order chi connectivity index (χ1) is 12.3. The highest BCUT2D eigenvalue weighted by Crippen LogP contribution is 2.37. The Morgan fingerprint density at radius 3 is 2.64 bits per heavy atom. The van der Waals surface area contributed by atoms with E-state index >= 15 is 0 Å². The molecule has 0 bridgehead atoms. The van der Waals surface area contributed by atoms with Gasteiger partial charge in [-0.3, -0.25) is 0 Å². The highest BCUT2D eigenvalue weighted by atomic mass is 32.1. The van der Waals surface area contributed by atoms with Gasteiger partial charge in [-0.15, -0.1) is 11.3 Å². The largest absolute Gasteiger partial charge is 0.339 e. The fourth-order valence-corrected chi connectivity index (χ4v) is 3.81. The molecular formula is C20H16FN3S. The lowest BCUT2D eigenvalue weighted by Gasteiger charge is -2.11. The third kappa shape index (κ3) is 2.98. The van der Waals surface area contributed by atoms with E-state index in [1.807, 2.05) is 17.5 Å². The van der Waals surface area contributed by atoms with E-state index in [4.69, 9.17) is 0 Å². The molecule has 0 atom stereocenters. The van der Waals surface area contributed by atoms with E-state index in [1.165, 1.54) is 17.7 Å². The van der Waals surface area contributed by atoms with Gasteiger partial charge in [0.15, 0.2) is 0 Å². The summed E-state index contributed by atoms with van der Waals surface area (Å²) in [6, 6.07) is 14.7. The predicted molar refractivity (Wildman–Crippen MR) is 102 cm³/mol. The second kappa shape index (κ2) is 6.61. The van der Waals surface area contributed by atoms with E-state index in [0.29, 0.717) is 0 Å². The van der Waals surface area contributed by atoms with Gasteiger partial charge in [0.05, 0.1) is 5.39 Å². The fourth-order valence-electron chi connectivity index (χ4n) is 2.89. The first-order valence-electron chi connectivity index (χ1n) is 8.09. The monoisotopic (exact) mass is 349 g/mol. The number of nitrogens with one attached hydrogen (secondary N) is 1. The molecule has 25 heavy (non-hydrogen) atoms. The van der Waals surface area contributed by atoms with E-state index in [0.717, 1.165) is 39.3 Å². The minimum absolute atomic E-state index is 0.241. The number of para-hydroxylation sites is 1. The van der Waals surface area contributed by atoms with Gasteiger partial charge < -0.3 is 5.32 Å². The number of aryl methyl sites for hydroxylation is 1. The van der Waals surface area contributed by atoms with Crippen molar-refractivity contribution >= 4 is 33.1 Å². The Morgan fingerprint density at radius 2 is 1.84 bits per heavy atom. The third-order valence-electron chi connectivity index (χ3n) is 4.18. The van der Waals surface area contributed by atoms with Crippen LogP contribution in [0.15, 0.2) is 60.2 Å². The molecule has 0 fully saturated rings. The van der Waals surface area contributed by atoms with E-state index < -0.39 is 0 Å². The Balaban J connectivity index is 1.84. The molecular weight excluding hydrogens is 333 g/mol. The summed E-state index contributed by atoms with van der Waals surface area (Å²) < 4.78 is 13.3. The first kappa shape index (κ1) is 15.7. The summed E-state index contributed by atoms with van der Waals surface area (Å²) in [5, 5.41) is 6.46. The average Bonchev–Trinajstić information content (AvgIpc) is 3.08. The average molecular weight is 349 g/mol. The standard InChI is InChI=1S/C20H16FN3S/c1-2-13-5-3-4-6-17(13)24-19-18-16(11-25-20(18)23-12-22-19)14-7-9-15(21)10-8-14/h3-12H,2H2,1H3,(H,22,23,24). The van der Waals surface area contributed by atoms with Gasteiger partial charge in [-0.25, -0.2) is 14.4 Å². The molecule has 0 amide bonds. The van der Waals surface area contributed by atoms with Gasteiger partial charge in [-0.05, 0) is 35.7 Å². The molecule has 4 rings (SSSR count). The molecule has 0 radical (unpaired) electrons. The molecule has 0 spiro atoms. The number of rotatable bonds is 4. The summed E-state index contributed by atoms with van der Waals surface area (Å²) in [4.78, 5) is 9.76. The van der Waals surface area contributed by atoms with Crippen LogP contribution in [0.2, 0.25) is 0 Å². The van der Waals surface area contributed by atoms with Gasteiger partial charge in [-0.2, -0.15) is 0 Å². The first-order valence-corrected chi connectivity index (χ1v) is 8.97. The van der Waals surface area contributed by atoms with Crippen molar-refractivity contribution < 1.29 is 4.39 Å². The Morgan fingerprint density at radius 1 is 1.04 bits per heavy atom.